The van der Waals surface area contributed by atoms with E-state index in [0.29, 0.717) is 5.82 Å². The van der Waals surface area contributed by atoms with Gasteiger partial charge in [-0.3, -0.25) is 0 Å². The first-order valence-electron chi connectivity index (χ1n) is 5.94. The van der Waals surface area contributed by atoms with Crippen LogP contribution in [0, 0.1) is 0 Å². The summed E-state index contributed by atoms with van der Waals surface area (Å²) in [4.78, 5) is 7.49. The van der Waals surface area contributed by atoms with Crippen LogP contribution in [0.1, 0.15) is 17.2 Å². The molecule has 8 heteroatoms. The largest absolute Gasteiger partial charge is 0.416 e. The Balaban J connectivity index is 2.12. The number of hydrogen-bond donors (Lipinski definition) is 2. The van der Waals surface area contributed by atoms with Crippen molar-refractivity contribution in [1.82, 2.24) is 9.97 Å². The lowest BCUT2D eigenvalue weighted by molar-refractivity contribution is -0.139. The van der Waals surface area contributed by atoms with Gasteiger partial charge in [-0.15, -0.1) is 0 Å². The van der Waals surface area contributed by atoms with E-state index < -0.39 is 17.8 Å². The van der Waals surface area contributed by atoms with Crippen LogP contribution < -0.4 is 5.32 Å². The van der Waals surface area contributed by atoms with Crippen LogP contribution >= 0.6 is 11.6 Å². The average molecular weight is 318 g/mol. The molecule has 0 radical (unpaired) electrons. The van der Waals surface area contributed by atoms with Gasteiger partial charge in [-0.05, 0) is 29.3 Å². The number of aromatic nitrogens is 2. The summed E-state index contributed by atoms with van der Waals surface area (Å²) in [6.07, 6.45) is -4.46. The lowest BCUT2D eigenvalue weighted by Crippen LogP contribution is -2.18. The molecule has 4 nitrogen and oxygen atoms in total. The Morgan fingerprint density at radius 3 is 2.62 bits per heavy atom. The third kappa shape index (κ3) is 4.05. The van der Waals surface area contributed by atoms with E-state index >= 15 is 0 Å². The van der Waals surface area contributed by atoms with Crippen molar-refractivity contribution in [1.29, 1.82) is 0 Å². The molecule has 0 fully saturated rings. The monoisotopic (exact) mass is 317 g/mol. The van der Waals surface area contributed by atoms with Crippen molar-refractivity contribution < 1.29 is 18.3 Å². The van der Waals surface area contributed by atoms with Crippen LogP contribution in [0.25, 0.3) is 0 Å². The summed E-state index contributed by atoms with van der Waals surface area (Å²) in [5, 5.41) is 12.7. The highest BCUT2D eigenvalue weighted by Crippen LogP contribution is 2.34. The van der Waals surface area contributed by atoms with Gasteiger partial charge in [0.05, 0.1) is 11.7 Å². The zero-order valence-corrected chi connectivity index (χ0v) is 11.4. The third-order valence-electron chi connectivity index (χ3n) is 2.73. The highest BCUT2D eigenvalue weighted by atomic mass is 35.5. The summed E-state index contributed by atoms with van der Waals surface area (Å²) in [6, 6.07) is 6.38. The highest BCUT2D eigenvalue weighted by molar-refractivity contribution is 6.28. The molecular formula is C13H11ClF3N3O. The molecule has 2 rings (SSSR count). The molecule has 0 aliphatic carbocycles. The van der Waals surface area contributed by atoms with E-state index in [4.69, 9.17) is 11.6 Å². The van der Waals surface area contributed by atoms with Gasteiger partial charge in [-0.25, -0.2) is 9.97 Å². The molecule has 0 spiro atoms. The van der Waals surface area contributed by atoms with Crippen molar-refractivity contribution in [3.05, 3.63) is 52.9 Å². The van der Waals surface area contributed by atoms with Gasteiger partial charge in [-0.1, -0.05) is 18.2 Å². The fourth-order valence-corrected chi connectivity index (χ4v) is 1.94. The second-order valence-electron chi connectivity index (χ2n) is 4.19. The molecule has 0 aliphatic rings. The Morgan fingerprint density at radius 1 is 1.24 bits per heavy atom. The van der Waals surface area contributed by atoms with E-state index in [1.807, 2.05) is 0 Å². The molecule has 112 valence electrons. The van der Waals surface area contributed by atoms with Crippen molar-refractivity contribution >= 4 is 17.4 Å². The van der Waals surface area contributed by atoms with Crippen molar-refractivity contribution in [3.63, 3.8) is 0 Å². The first-order chi connectivity index (χ1) is 9.88. The van der Waals surface area contributed by atoms with Gasteiger partial charge in [0.15, 0.2) is 0 Å². The molecule has 0 aliphatic heterocycles. The van der Waals surface area contributed by atoms with Gasteiger partial charge in [0.2, 0.25) is 5.28 Å². The standard InChI is InChI=1S/C13H11ClF3N3O/c14-12-18-6-5-11(20-12)19-7-10(21)8-3-1-2-4-9(8)13(15,16)17/h1-6,10,21H,7H2,(H,18,19,20). The van der Waals surface area contributed by atoms with Crippen LogP contribution in [-0.2, 0) is 6.18 Å². The van der Waals surface area contributed by atoms with Crippen LogP contribution in [0.4, 0.5) is 19.0 Å². The molecule has 0 saturated carbocycles. The maximum absolute atomic E-state index is 12.9. The number of rotatable bonds is 4. The molecule has 1 aromatic carbocycles. The van der Waals surface area contributed by atoms with E-state index in [0.717, 1.165) is 6.07 Å². The topological polar surface area (TPSA) is 58.0 Å². The first kappa shape index (κ1) is 15.5. The van der Waals surface area contributed by atoms with Gasteiger partial charge in [-0.2, -0.15) is 13.2 Å². The van der Waals surface area contributed by atoms with Crippen molar-refractivity contribution in [3.8, 4) is 0 Å². The van der Waals surface area contributed by atoms with E-state index in [9.17, 15) is 18.3 Å². The van der Waals surface area contributed by atoms with Gasteiger partial charge in [0.25, 0.3) is 0 Å². The van der Waals surface area contributed by atoms with Gasteiger partial charge < -0.3 is 10.4 Å². The minimum Gasteiger partial charge on any atom is -0.387 e. The number of hydrogen-bond acceptors (Lipinski definition) is 4. The summed E-state index contributed by atoms with van der Waals surface area (Å²) >= 11 is 5.59. The fourth-order valence-electron chi connectivity index (χ4n) is 1.79. The van der Waals surface area contributed by atoms with Gasteiger partial charge in [0, 0.05) is 12.7 Å². The second kappa shape index (κ2) is 6.28. The SMILES string of the molecule is OC(CNc1ccnc(Cl)n1)c1ccccc1C(F)(F)F. The molecule has 21 heavy (non-hydrogen) atoms. The summed E-state index contributed by atoms with van der Waals surface area (Å²) in [6.45, 7) is -0.138. The lowest BCUT2D eigenvalue weighted by Gasteiger charge is -2.18. The van der Waals surface area contributed by atoms with E-state index in [2.05, 4.69) is 15.3 Å². The minimum absolute atomic E-state index is 0.00480. The van der Waals surface area contributed by atoms with Crippen LogP contribution in [-0.4, -0.2) is 21.6 Å². The predicted molar refractivity (Wildman–Crippen MR) is 71.9 cm³/mol. The van der Waals surface area contributed by atoms with E-state index in [1.165, 1.54) is 30.5 Å². The molecule has 1 heterocycles. The van der Waals surface area contributed by atoms with Crippen molar-refractivity contribution in [2.75, 3.05) is 11.9 Å². The second-order valence-corrected chi connectivity index (χ2v) is 4.53. The number of aliphatic hydroxyl groups excluding tert-OH is 1. The van der Waals surface area contributed by atoms with E-state index in [-0.39, 0.29) is 17.4 Å². The molecule has 1 unspecified atom stereocenters. The normalized spacial score (nSPS) is 13.0. The summed E-state index contributed by atoms with van der Waals surface area (Å²) in [5.41, 5.74) is -1.06. The Kier molecular flexibility index (Phi) is 4.64. The van der Waals surface area contributed by atoms with Gasteiger partial charge in [0.1, 0.15) is 5.82 Å². The van der Waals surface area contributed by atoms with Crippen molar-refractivity contribution in [2.45, 2.75) is 12.3 Å². The highest BCUT2D eigenvalue weighted by Gasteiger charge is 2.34. The molecule has 2 aromatic rings. The van der Waals surface area contributed by atoms with Crippen LogP contribution in [0.3, 0.4) is 0 Å². The zero-order valence-electron chi connectivity index (χ0n) is 10.6. The number of anilines is 1. The van der Waals surface area contributed by atoms with Crippen molar-refractivity contribution in [2.24, 2.45) is 0 Å². The minimum atomic E-state index is -4.52. The number of halogens is 4. The van der Waals surface area contributed by atoms with E-state index in [1.54, 1.807) is 0 Å². The van der Waals surface area contributed by atoms with Crippen LogP contribution in [0.2, 0.25) is 5.28 Å². The Hall–Kier alpha value is -1.86. The first-order valence-corrected chi connectivity index (χ1v) is 6.32. The summed E-state index contributed by atoms with van der Waals surface area (Å²) in [5.74, 6) is 0.318. The third-order valence-corrected chi connectivity index (χ3v) is 2.91. The maximum atomic E-state index is 12.9. The molecule has 0 saturated heterocycles. The van der Waals surface area contributed by atoms with Crippen LogP contribution in [0.15, 0.2) is 36.5 Å². The average Bonchev–Trinajstić information content (AvgIpc) is 2.44. The Labute approximate surface area is 123 Å². The zero-order chi connectivity index (χ0) is 15.5. The molecule has 1 aromatic heterocycles. The summed E-state index contributed by atoms with van der Waals surface area (Å²) in [7, 11) is 0. The number of aliphatic hydroxyl groups is 1. The smallest absolute Gasteiger partial charge is 0.387 e. The maximum Gasteiger partial charge on any atom is 0.416 e. The fraction of sp³-hybridized carbons (Fsp3) is 0.231. The predicted octanol–water partition coefficient (Wildman–Crippen LogP) is 3.29. The number of benzene rings is 1. The number of nitrogens with zero attached hydrogens (tertiary/aromatic N) is 2. The Bertz CT molecular complexity index is 622. The number of alkyl halides is 3. The number of nitrogens with one attached hydrogen (secondary N) is 1. The van der Waals surface area contributed by atoms with Crippen LogP contribution in [0.5, 0.6) is 0 Å². The summed E-state index contributed by atoms with van der Waals surface area (Å²) < 4.78 is 38.6. The molecular weight excluding hydrogens is 307 g/mol. The van der Waals surface area contributed by atoms with Gasteiger partial charge >= 0.3 is 6.18 Å². The molecule has 2 N–H and O–H groups in total. The Morgan fingerprint density at radius 2 is 1.95 bits per heavy atom. The molecule has 0 bridgehead atoms. The lowest BCUT2D eigenvalue weighted by atomic mass is 10.0. The quantitative estimate of drug-likeness (QED) is 0.850. The molecule has 1 atom stereocenters. The molecule has 0 amide bonds.